The molecule has 1 unspecified atom stereocenters. The number of guanidine groups is 2. The molecule has 0 heterocycles. The van der Waals surface area contributed by atoms with Crippen LogP contribution in [0.3, 0.4) is 0 Å². The van der Waals surface area contributed by atoms with Crippen molar-refractivity contribution >= 4 is 17.6 Å². The summed E-state index contributed by atoms with van der Waals surface area (Å²) in [6.07, 6.45) is -0.121. The number of benzene rings is 1. The second-order valence-electron chi connectivity index (χ2n) is 4.12. The Morgan fingerprint density at radius 2 is 1.94 bits per heavy atom. The molecule has 5 nitrogen and oxygen atoms in total. The lowest BCUT2D eigenvalue weighted by molar-refractivity contribution is 0.112. The topological polar surface area (TPSA) is 103 Å². The van der Waals surface area contributed by atoms with Gasteiger partial charge >= 0.3 is 0 Å². The third kappa shape index (κ3) is 2.73. The number of hydrogen-bond donors (Lipinski definition) is 3. The maximum Gasteiger partial charge on any atom is 0.255 e. The molecule has 0 saturated heterocycles. The van der Waals surface area contributed by atoms with Gasteiger partial charge in [-0.2, -0.15) is 4.99 Å². The van der Waals surface area contributed by atoms with Crippen molar-refractivity contribution in [2.45, 2.75) is 18.3 Å². The number of halogens is 2. The molecule has 1 aromatic rings. The normalized spacial score (nSPS) is 21.4. The van der Waals surface area contributed by atoms with E-state index in [4.69, 9.17) is 17.2 Å². The lowest BCUT2D eigenvalue weighted by atomic mass is 10.1. The summed E-state index contributed by atoms with van der Waals surface area (Å²) in [6.45, 7) is 0. The monoisotopic (exact) mass is 253 g/mol. The first-order valence-corrected chi connectivity index (χ1v) is 5.30. The Bertz CT molecular complexity index is 520. The zero-order chi connectivity index (χ0) is 13.3. The van der Waals surface area contributed by atoms with Gasteiger partial charge in [0.25, 0.3) is 5.92 Å². The maximum absolute atomic E-state index is 12.9. The lowest BCUT2D eigenvalue weighted by Gasteiger charge is -2.01. The van der Waals surface area contributed by atoms with Gasteiger partial charge in [-0.15, -0.1) is 0 Å². The summed E-state index contributed by atoms with van der Waals surface area (Å²) in [4.78, 5) is 7.46. The van der Waals surface area contributed by atoms with E-state index in [-0.39, 0.29) is 18.3 Å². The van der Waals surface area contributed by atoms with Gasteiger partial charge in [0, 0.05) is 6.42 Å². The molecule has 0 amide bonds. The summed E-state index contributed by atoms with van der Waals surface area (Å²) >= 11 is 0. The van der Waals surface area contributed by atoms with Crippen LogP contribution < -0.4 is 17.2 Å². The number of nitrogens with zero attached hydrogens (tertiary/aromatic N) is 2. The molecule has 1 aromatic carbocycles. The maximum atomic E-state index is 12.9. The summed E-state index contributed by atoms with van der Waals surface area (Å²) in [5.41, 5.74) is 16.7. The average Bonchev–Trinajstić information content (AvgIpc) is 2.87. The third-order valence-corrected chi connectivity index (χ3v) is 2.59. The van der Waals surface area contributed by atoms with E-state index in [1.807, 2.05) is 0 Å². The van der Waals surface area contributed by atoms with Gasteiger partial charge in [0.15, 0.2) is 5.96 Å². The fourth-order valence-corrected chi connectivity index (χ4v) is 1.68. The molecule has 18 heavy (non-hydrogen) atoms. The second-order valence-corrected chi connectivity index (χ2v) is 4.12. The van der Waals surface area contributed by atoms with Crippen molar-refractivity contribution in [3.05, 3.63) is 29.8 Å². The van der Waals surface area contributed by atoms with Crippen LogP contribution in [0.15, 0.2) is 34.3 Å². The molecule has 0 spiro atoms. The van der Waals surface area contributed by atoms with E-state index in [0.717, 1.165) is 0 Å². The van der Waals surface area contributed by atoms with Crippen LogP contribution in [0, 0.1) is 0 Å². The highest BCUT2D eigenvalue weighted by Crippen LogP contribution is 2.55. The SMILES string of the molecule is NC(N)=NC(N)=Nc1cccc(C2CC2(F)F)c1. The van der Waals surface area contributed by atoms with Gasteiger partial charge in [-0.1, -0.05) is 12.1 Å². The van der Waals surface area contributed by atoms with Gasteiger partial charge < -0.3 is 17.2 Å². The summed E-state index contributed by atoms with van der Waals surface area (Å²) < 4.78 is 25.9. The van der Waals surface area contributed by atoms with Crippen LogP contribution in [-0.2, 0) is 0 Å². The van der Waals surface area contributed by atoms with Gasteiger partial charge in [0.1, 0.15) is 0 Å². The Balaban J connectivity index is 2.21. The van der Waals surface area contributed by atoms with Gasteiger partial charge in [-0.3, -0.25) is 0 Å². The third-order valence-electron chi connectivity index (χ3n) is 2.59. The highest BCUT2D eigenvalue weighted by atomic mass is 19.3. The number of nitrogens with two attached hydrogens (primary N) is 3. The van der Waals surface area contributed by atoms with E-state index >= 15 is 0 Å². The van der Waals surface area contributed by atoms with E-state index in [1.54, 1.807) is 24.3 Å². The van der Waals surface area contributed by atoms with Crippen molar-refractivity contribution in [1.29, 1.82) is 0 Å². The number of rotatable bonds is 2. The van der Waals surface area contributed by atoms with Crippen LogP contribution in [-0.4, -0.2) is 17.8 Å². The van der Waals surface area contributed by atoms with E-state index < -0.39 is 11.8 Å². The molecule has 96 valence electrons. The minimum atomic E-state index is -2.60. The molecule has 1 saturated carbocycles. The molecule has 0 aliphatic heterocycles. The lowest BCUT2D eigenvalue weighted by Crippen LogP contribution is -2.26. The van der Waals surface area contributed by atoms with Crippen LogP contribution in [0.4, 0.5) is 14.5 Å². The minimum absolute atomic E-state index is 0.116. The largest absolute Gasteiger partial charge is 0.370 e. The van der Waals surface area contributed by atoms with Crippen molar-refractivity contribution in [2.24, 2.45) is 27.2 Å². The Kier molecular flexibility index (Phi) is 2.90. The van der Waals surface area contributed by atoms with Crippen LogP contribution in [0.25, 0.3) is 0 Å². The van der Waals surface area contributed by atoms with Gasteiger partial charge in [0.05, 0.1) is 11.6 Å². The molecule has 1 atom stereocenters. The first-order valence-electron chi connectivity index (χ1n) is 5.30. The quantitative estimate of drug-likeness (QED) is 0.541. The highest BCUT2D eigenvalue weighted by Gasteiger charge is 2.57. The summed E-state index contributed by atoms with van der Waals surface area (Å²) in [6, 6.07) is 6.48. The van der Waals surface area contributed by atoms with Crippen LogP contribution in [0.5, 0.6) is 0 Å². The fraction of sp³-hybridized carbons (Fsp3) is 0.273. The smallest absolute Gasteiger partial charge is 0.255 e. The number of aliphatic imine (C=N–C) groups is 2. The van der Waals surface area contributed by atoms with Gasteiger partial charge in [-0.05, 0) is 17.7 Å². The Morgan fingerprint density at radius 3 is 2.50 bits per heavy atom. The standard InChI is InChI=1S/C11H13F2N5/c12-11(13)5-8(11)6-2-1-3-7(4-6)17-10(16)18-9(14)15/h1-4,8H,5H2,(H6,14,15,16,17,18). The zero-order valence-corrected chi connectivity index (χ0v) is 9.48. The Labute approximate surface area is 102 Å². The molecule has 7 heteroatoms. The van der Waals surface area contributed by atoms with Crippen LogP contribution in [0.2, 0.25) is 0 Å². The predicted octanol–water partition coefficient (Wildman–Crippen LogP) is 1.03. The van der Waals surface area contributed by atoms with E-state index in [2.05, 4.69) is 9.98 Å². The average molecular weight is 253 g/mol. The molecular weight excluding hydrogens is 240 g/mol. The van der Waals surface area contributed by atoms with Crippen molar-refractivity contribution in [3.63, 3.8) is 0 Å². The molecule has 6 N–H and O–H groups in total. The molecule has 1 aliphatic carbocycles. The Hall–Kier alpha value is -2.18. The second kappa shape index (κ2) is 4.25. The molecule has 2 rings (SSSR count). The highest BCUT2D eigenvalue weighted by molar-refractivity contribution is 5.93. The van der Waals surface area contributed by atoms with Crippen LogP contribution in [0.1, 0.15) is 17.9 Å². The van der Waals surface area contributed by atoms with Crippen molar-refractivity contribution in [1.82, 2.24) is 0 Å². The molecule has 1 fully saturated rings. The molecular formula is C11H13F2N5. The van der Waals surface area contributed by atoms with Gasteiger partial charge in [0.2, 0.25) is 5.96 Å². The van der Waals surface area contributed by atoms with E-state index in [1.165, 1.54) is 0 Å². The fourth-order valence-electron chi connectivity index (χ4n) is 1.68. The molecule has 1 aliphatic rings. The first-order chi connectivity index (χ1) is 8.38. The molecule has 0 aromatic heterocycles. The van der Waals surface area contributed by atoms with Crippen molar-refractivity contribution < 1.29 is 8.78 Å². The summed E-state index contributed by atoms with van der Waals surface area (Å²) in [7, 11) is 0. The number of alkyl halides is 2. The van der Waals surface area contributed by atoms with Crippen molar-refractivity contribution in [2.75, 3.05) is 0 Å². The van der Waals surface area contributed by atoms with Gasteiger partial charge in [-0.25, -0.2) is 13.8 Å². The predicted molar refractivity (Wildman–Crippen MR) is 65.8 cm³/mol. The zero-order valence-electron chi connectivity index (χ0n) is 9.48. The Morgan fingerprint density at radius 1 is 1.28 bits per heavy atom. The summed E-state index contributed by atoms with van der Waals surface area (Å²) in [5, 5.41) is 0. The molecule has 0 bridgehead atoms. The number of hydrogen-bond acceptors (Lipinski definition) is 1. The van der Waals surface area contributed by atoms with Crippen molar-refractivity contribution in [3.8, 4) is 0 Å². The van der Waals surface area contributed by atoms with E-state index in [0.29, 0.717) is 11.3 Å². The minimum Gasteiger partial charge on any atom is -0.370 e. The molecule has 0 radical (unpaired) electrons. The summed E-state index contributed by atoms with van der Waals surface area (Å²) in [5.74, 6) is -3.65. The van der Waals surface area contributed by atoms with E-state index in [9.17, 15) is 8.78 Å². The first kappa shape index (κ1) is 12.3. The van der Waals surface area contributed by atoms with Crippen LogP contribution >= 0.6 is 0 Å².